The molecule has 6 nitrogen and oxygen atoms in total. The number of thiazole rings is 1. The standard InChI is InChI=1S/C14H8FN3O3S/c15-10-4-2-1-3-9(10)13(19)17-14-16-11-7-8(18(20)21)5-6-12(11)22-14/h1-7H,(H,16,17,19). The van der Waals surface area contributed by atoms with E-state index in [2.05, 4.69) is 10.3 Å². The maximum Gasteiger partial charge on any atom is 0.271 e. The van der Waals surface area contributed by atoms with Crippen molar-refractivity contribution in [1.82, 2.24) is 4.98 Å². The zero-order chi connectivity index (χ0) is 15.7. The van der Waals surface area contributed by atoms with Gasteiger partial charge in [-0.2, -0.15) is 0 Å². The van der Waals surface area contributed by atoms with Gasteiger partial charge in [-0.3, -0.25) is 20.2 Å². The van der Waals surface area contributed by atoms with Crippen molar-refractivity contribution in [3.05, 3.63) is 64.0 Å². The molecule has 0 spiro atoms. The van der Waals surface area contributed by atoms with Crippen molar-refractivity contribution in [2.75, 3.05) is 5.32 Å². The first-order chi connectivity index (χ1) is 10.5. The summed E-state index contributed by atoms with van der Waals surface area (Å²) in [6.45, 7) is 0. The molecule has 0 bridgehead atoms. The van der Waals surface area contributed by atoms with Crippen LogP contribution in [0.1, 0.15) is 10.4 Å². The van der Waals surface area contributed by atoms with Crippen LogP contribution in [0, 0.1) is 15.9 Å². The molecule has 8 heteroatoms. The SMILES string of the molecule is O=C(Nc1nc2cc([N+](=O)[O-])ccc2s1)c1ccccc1F. The van der Waals surface area contributed by atoms with Gasteiger partial charge in [0, 0.05) is 12.1 Å². The summed E-state index contributed by atoms with van der Waals surface area (Å²) in [7, 11) is 0. The first-order valence-corrected chi connectivity index (χ1v) is 6.97. The van der Waals surface area contributed by atoms with Crippen molar-refractivity contribution in [2.24, 2.45) is 0 Å². The lowest BCUT2D eigenvalue weighted by Crippen LogP contribution is -2.13. The number of nitro benzene ring substituents is 1. The predicted octanol–water partition coefficient (Wildman–Crippen LogP) is 3.60. The van der Waals surface area contributed by atoms with Crippen molar-refractivity contribution in [3.63, 3.8) is 0 Å². The summed E-state index contributed by atoms with van der Waals surface area (Å²) < 4.78 is 14.2. The maximum absolute atomic E-state index is 13.5. The minimum atomic E-state index is -0.628. The summed E-state index contributed by atoms with van der Waals surface area (Å²) >= 11 is 1.16. The Hall–Kier alpha value is -2.87. The molecular formula is C14H8FN3O3S. The summed E-state index contributed by atoms with van der Waals surface area (Å²) in [5.41, 5.74) is 0.237. The monoisotopic (exact) mass is 317 g/mol. The summed E-state index contributed by atoms with van der Waals surface area (Å²) in [5, 5.41) is 13.5. The molecule has 3 aromatic rings. The number of halogens is 1. The molecule has 0 aliphatic carbocycles. The Bertz CT molecular complexity index is 894. The average molecular weight is 317 g/mol. The first-order valence-electron chi connectivity index (χ1n) is 6.15. The number of benzene rings is 2. The van der Waals surface area contributed by atoms with Gasteiger partial charge in [-0.15, -0.1) is 0 Å². The third kappa shape index (κ3) is 2.63. The summed E-state index contributed by atoms with van der Waals surface area (Å²) in [4.78, 5) is 26.3. The Labute approximate surface area is 127 Å². The molecule has 1 aromatic heterocycles. The molecule has 1 amide bonds. The number of rotatable bonds is 3. The highest BCUT2D eigenvalue weighted by Gasteiger charge is 2.15. The predicted molar refractivity (Wildman–Crippen MR) is 80.6 cm³/mol. The molecule has 0 fully saturated rings. The van der Waals surface area contributed by atoms with Gasteiger partial charge in [0.05, 0.1) is 20.7 Å². The summed E-state index contributed by atoms with van der Waals surface area (Å²) in [5.74, 6) is -1.25. The van der Waals surface area contributed by atoms with Crippen LogP contribution in [0.25, 0.3) is 10.2 Å². The number of aromatic nitrogens is 1. The zero-order valence-corrected chi connectivity index (χ0v) is 11.8. The topological polar surface area (TPSA) is 85.1 Å². The van der Waals surface area contributed by atoms with Crippen LogP contribution in [0.5, 0.6) is 0 Å². The molecular weight excluding hydrogens is 309 g/mol. The van der Waals surface area contributed by atoms with Crippen molar-refractivity contribution in [3.8, 4) is 0 Å². The van der Waals surface area contributed by atoms with Crippen LogP contribution < -0.4 is 5.32 Å². The van der Waals surface area contributed by atoms with E-state index in [1.807, 2.05) is 0 Å². The van der Waals surface area contributed by atoms with Crippen LogP contribution in [0.15, 0.2) is 42.5 Å². The number of hydrogen-bond donors (Lipinski definition) is 1. The van der Waals surface area contributed by atoms with Crippen LogP contribution in [-0.4, -0.2) is 15.8 Å². The molecule has 110 valence electrons. The smallest absolute Gasteiger partial charge is 0.271 e. The number of hydrogen-bond acceptors (Lipinski definition) is 5. The number of amides is 1. The van der Waals surface area contributed by atoms with E-state index in [0.29, 0.717) is 10.2 Å². The molecule has 0 atom stereocenters. The second-order valence-electron chi connectivity index (χ2n) is 4.36. The summed E-state index contributed by atoms with van der Waals surface area (Å²) in [6, 6.07) is 9.85. The van der Waals surface area contributed by atoms with Crippen molar-refractivity contribution >= 4 is 38.3 Å². The van der Waals surface area contributed by atoms with E-state index in [1.54, 1.807) is 12.1 Å². The van der Waals surface area contributed by atoms with Crippen LogP contribution >= 0.6 is 11.3 Å². The largest absolute Gasteiger partial charge is 0.298 e. The minimum absolute atomic E-state index is 0.0789. The Balaban J connectivity index is 1.89. The number of nitro groups is 1. The van der Waals surface area contributed by atoms with Crippen molar-refractivity contribution in [2.45, 2.75) is 0 Å². The number of anilines is 1. The lowest BCUT2D eigenvalue weighted by atomic mass is 10.2. The molecule has 0 saturated heterocycles. The van der Waals surface area contributed by atoms with Gasteiger partial charge < -0.3 is 0 Å². The number of fused-ring (bicyclic) bond motifs is 1. The van der Waals surface area contributed by atoms with Crippen LogP contribution in [-0.2, 0) is 0 Å². The maximum atomic E-state index is 13.5. The molecule has 1 N–H and O–H groups in total. The van der Waals surface area contributed by atoms with Crippen molar-refractivity contribution < 1.29 is 14.1 Å². The van der Waals surface area contributed by atoms with E-state index in [0.717, 1.165) is 11.3 Å². The molecule has 0 unspecified atom stereocenters. The van der Waals surface area contributed by atoms with Gasteiger partial charge in [0.1, 0.15) is 5.82 Å². The lowest BCUT2D eigenvalue weighted by molar-refractivity contribution is -0.384. The Morgan fingerprint density at radius 2 is 2.05 bits per heavy atom. The molecule has 3 rings (SSSR count). The van der Waals surface area contributed by atoms with Gasteiger partial charge in [-0.25, -0.2) is 9.37 Å². The highest BCUT2D eigenvalue weighted by Crippen LogP contribution is 2.29. The Kier molecular flexibility index (Phi) is 3.51. The fourth-order valence-electron chi connectivity index (χ4n) is 1.89. The van der Waals surface area contributed by atoms with E-state index >= 15 is 0 Å². The third-order valence-corrected chi connectivity index (χ3v) is 3.87. The molecule has 22 heavy (non-hydrogen) atoms. The van der Waals surface area contributed by atoms with Crippen LogP contribution in [0.3, 0.4) is 0 Å². The van der Waals surface area contributed by atoms with E-state index in [4.69, 9.17) is 0 Å². The second-order valence-corrected chi connectivity index (χ2v) is 5.39. The van der Waals surface area contributed by atoms with Crippen molar-refractivity contribution in [1.29, 1.82) is 0 Å². The fraction of sp³-hybridized carbons (Fsp3) is 0. The quantitative estimate of drug-likeness (QED) is 0.591. The number of nitrogens with one attached hydrogen (secondary N) is 1. The molecule has 1 heterocycles. The van der Waals surface area contributed by atoms with Gasteiger partial charge in [0.2, 0.25) is 0 Å². The Morgan fingerprint density at radius 1 is 1.27 bits per heavy atom. The molecule has 2 aromatic carbocycles. The molecule has 0 radical (unpaired) electrons. The third-order valence-electron chi connectivity index (χ3n) is 2.92. The van der Waals surface area contributed by atoms with Gasteiger partial charge >= 0.3 is 0 Å². The molecule has 0 aliphatic rings. The lowest BCUT2D eigenvalue weighted by Gasteiger charge is -2.02. The van der Waals surface area contributed by atoms with E-state index in [-0.39, 0.29) is 16.4 Å². The highest BCUT2D eigenvalue weighted by atomic mass is 32.1. The zero-order valence-electron chi connectivity index (χ0n) is 10.9. The number of carbonyl (C=O) groups is 1. The van der Waals surface area contributed by atoms with E-state index in [9.17, 15) is 19.3 Å². The van der Waals surface area contributed by atoms with Gasteiger partial charge in [0.25, 0.3) is 11.6 Å². The number of carbonyl (C=O) groups excluding carboxylic acids is 1. The highest BCUT2D eigenvalue weighted by molar-refractivity contribution is 7.22. The number of nitrogens with zero attached hydrogens (tertiary/aromatic N) is 2. The van der Waals surface area contributed by atoms with E-state index < -0.39 is 16.6 Å². The van der Waals surface area contributed by atoms with E-state index in [1.165, 1.54) is 30.3 Å². The normalized spacial score (nSPS) is 10.6. The van der Waals surface area contributed by atoms with Gasteiger partial charge in [-0.05, 0) is 18.2 Å². The first kappa shape index (κ1) is 14.1. The summed E-state index contributed by atoms with van der Waals surface area (Å²) in [6.07, 6.45) is 0. The van der Waals surface area contributed by atoms with Crippen LogP contribution in [0.4, 0.5) is 15.2 Å². The molecule has 0 aliphatic heterocycles. The minimum Gasteiger partial charge on any atom is -0.298 e. The number of non-ortho nitro benzene ring substituents is 1. The average Bonchev–Trinajstić information content (AvgIpc) is 2.88. The van der Waals surface area contributed by atoms with Gasteiger partial charge in [0.15, 0.2) is 5.13 Å². The second kappa shape index (κ2) is 5.49. The van der Waals surface area contributed by atoms with Crippen LogP contribution in [0.2, 0.25) is 0 Å². The fourth-order valence-corrected chi connectivity index (χ4v) is 2.73. The molecule has 0 saturated carbocycles. The Morgan fingerprint density at radius 3 is 2.77 bits per heavy atom. The van der Waals surface area contributed by atoms with Gasteiger partial charge in [-0.1, -0.05) is 23.5 Å².